The number of nitrogens with zero attached hydrogens (tertiary/aromatic N) is 3. The molecule has 2 amide bonds. The third-order valence-electron chi connectivity index (χ3n) is 6.46. The molecule has 2 fully saturated rings. The minimum Gasteiger partial charge on any atom is -0.469 e. The van der Waals surface area contributed by atoms with E-state index in [0.717, 1.165) is 16.9 Å². The van der Waals surface area contributed by atoms with Crippen LogP contribution in [0.3, 0.4) is 0 Å². The zero-order valence-corrected chi connectivity index (χ0v) is 18.3. The number of β-lactam (4-membered cyclic amide) rings is 1. The summed E-state index contributed by atoms with van der Waals surface area (Å²) >= 11 is 0. The molecule has 5 rings (SSSR count). The third-order valence-corrected chi connectivity index (χ3v) is 6.46. The number of hydrogen-bond donors (Lipinski definition) is 0. The molecule has 1 aromatic heterocycles. The van der Waals surface area contributed by atoms with E-state index in [4.69, 9.17) is 9.15 Å². The highest BCUT2D eigenvalue weighted by molar-refractivity contribution is 5.93. The molecule has 0 spiro atoms. The summed E-state index contributed by atoms with van der Waals surface area (Å²) in [6.45, 7) is 0.495. The zero-order chi connectivity index (χ0) is 23.7. The van der Waals surface area contributed by atoms with Crippen LogP contribution in [0.15, 0.2) is 77.4 Å². The molecule has 2 unspecified atom stereocenters. The van der Waals surface area contributed by atoms with Gasteiger partial charge in [0.05, 0.1) is 23.3 Å². The van der Waals surface area contributed by atoms with Gasteiger partial charge < -0.3 is 14.1 Å². The number of carbonyl (C=O) groups excluding carboxylic acids is 2. The predicted molar refractivity (Wildman–Crippen MR) is 121 cm³/mol. The average molecular weight is 461 g/mol. The first-order valence-corrected chi connectivity index (χ1v) is 11.1. The number of nitro groups is 1. The normalized spacial score (nSPS) is 21.9. The summed E-state index contributed by atoms with van der Waals surface area (Å²) in [5.74, 6) is 0.638. The third kappa shape index (κ3) is 4.00. The van der Waals surface area contributed by atoms with Crippen molar-refractivity contribution in [1.29, 1.82) is 0 Å². The Morgan fingerprint density at radius 3 is 2.44 bits per heavy atom. The summed E-state index contributed by atoms with van der Waals surface area (Å²) in [7, 11) is 0. The molecule has 34 heavy (non-hydrogen) atoms. The van der Waals surface area contributed by atoms with Crippen LogP contribution in [0.2, 0.25) is 0 Å². The van der Waals surface area contributed by atoms with Crippen LogP contribution in [-0.4, -0.2) is 45.4 Å². The summed E-state index contributed by atoms with van der Waals surface area (Å²) in [4.78, 5) is 39.9. The molecule has 3 atom stereocenters. The van der Waals surface area contributed by atoms with E-state index in [1.165, 1.54) is 12.1 Å². The minimum atomic E-state index is -0.645. The fraction of sp³-hybridized carbons (Fsp3) is 0.280. The van der Waals surface area contributed by atoms with Crippen LogP contribution in [0.5, 0.6) is 0 Å². The topological polar surface area (TPSA) is 106 Å². The average Bonchev–Trinajstić information content (AvgIpc) is 3.51. The Kier molecular flexibility index (Phi) is 5.75. The van der Waals surface area contributed by atoms with Crippen LogP contribution in [-0.2, 0) is 22.5 Å². The molecule has 0 saturated carbocycles. The molecule has 3 heterocycles. The van der Waals surface area contributed by atoms with Gasteiger partial charge in [0.15, 0.2) is 0 Å². The quantitative estimate of drug-likeness (QED) is 0.284. The van der Waals surface area contributed by atoms with Crippen molar-refractivity contribution < 1.29 is 23.7 Å². The fourth-order valence-electron chi connectivity index (χ4n) is 4.74. The van der Waals surface area contributed by atoms with Crippen molar-refractivity contribution in [3.63, 3.8) is 0 Å². The van der Waals surface area contributed by atoms with E-state index in [1.54, 1.807) is 28.2 Å². The first-order chi connectivity index (χ1) is 16.5. The number of cyclic esters (lactones) is 1. The maximum atomic E-state index is 13.4. The van der Waals surface area contributed by atoms with Crippen LogP contribution in [0, 0.1) is 10.1 Å². The lowest BCUT2D eigenvalue weighted by Crippen LogP contribution is -2.70. The summed E-state index contributed by atoms with van der Waals surface area (Å²) in [6, 6.07) is 18.2. The number of rotatable bonds is 8. The number of carbonyl (C=O) groups is 2. The number of benzene rings is 2. The van der Waals surface area contributed by atoms with E-state index >= 15 is 0 Å². The van der Waals surface area contributed by atoms with Gasteiger partial charge in [-0.2, -0.15) is 0 Å². The van der Waals surface area contributed by atoms with Gasteiger partial charge in [0, 0.05) is 25.1 Å². The van der Waals surface area contributed by atoms with Crippen LogP contribution in [0.1, 0.15) is 29.3 Å². The SMILES string of the molecule is O=C1C(N2C(=O)OC[C@@H]2c2ccccc2)C(CCc2ccco2)N1Cc1ccc([N+](=O)[O-])cc1. The lowest BCUT2D eigenvalue weighted by Gasteiger charge is -2.51. The molecule has 0 aliphatic carbocycles. The molecule has 2 aromatic carbocycles. The van der Waals surface area contributed by atoms with E-state index in [9.17, 15) is 19.7 Å². The summed E-state index contributed by atoms with van der Waals surface area (Å²) < 4.78 is 10.8. The number of non-ortho nitro benzene ring substituents is 1. The van der Waals surface area contributed by atoms with E-state index in [0.29, 0.717) is 19.4 Å². The standard InChI is InChI=1S/C25H23N3O6/c29-24-23(27-22(16-34-25(27)30)18-5-2-1-3-6-18)21(13-12-20-7-4-14-33-20)26(24)15-17-8-10-19(11-9-17)28(31)32/h1-11,14,21-23H,12-13,15-16H2/t21?,22-,23?/m1/s1. The van der Waals surface area contributed by atoms with Crippen LogP contribution in [0.25, 0.3) is 0 Å². The summed E-state index contributed by atoms with van der Waals surface area (Å²) in [5.41, 5.74) is 1.69. The van der Waals surface area contributed by atoms with Crippen LogP contribution >= 0.6 is 0 Å². The molecule has 0 N–H and O–H groups in total. The van der Waals surface area contributed by atoms with Crippen molar-refractivity contribution >= 4 is 17.7 Å². The lowest BCUT2D eigenvalue weighted by atomic mass is 9.87. The highest BCUT2D eigenvalue weighted by atomic mass is 16.6. The van der Waals surface area contributed by atoms with Crippen molar-refractivity contribution in [3.05, 3.63) is 100.0 Å². The molecular weight excluding hydrogens is 438 g/mol. The van der Waals surface area contributed by atoms with Crippen molar-refractivity contribution in [2.45, 2.75) is 37.5 Å². The first kappa shape index (κ1) is 21.7. The molecule has 2 aliphatic heterocycles. The van der Waals surface area contributed by atoms with E-state index in [1.807, 2.05) is 42.5 Å². The van der Waals surface area contributed by atoms with E-state index in [2.05, 4.69) is 0 Å². The van der Waals surface area contributed by atoms with Crippen LogP contribution < -0.4 is 0 Å². The predicted octanol–water partition coefficient (Wildman–Crippen LogP) is 4.09. The molecule has 3 aromatic rings. The number of ether oxygens (including phenoxy) is 1. The zero-order valence-electron chi connectivity index (χ0n) is 18.3. The molecule has 0 radical (unpaired) electrons. The van der Waals surface area contributed by atoms with E-state index in [-0.39, 0.29) is 30.3 Å². The maximum absolute atomic E-state index is 13.4. The van der Waals surface area contributed by atoms with Gasteiger partial charge in [-0.3, -0.25) is 19.8 Å². The first-order valence-electron chi connectivity index (χ1n) is 11.1. The number of amides is 2. The Morgan fingerprint density at radius 2 is 1.76 bits per heavy atom. The van der Waals surface area contributed by atoms with Gasteiger partial charge in [-0.1, -0.05) is 42.5 Å². The fourth-order valence-corrected chi connectivity index (χ4v) is 4.74. The Morgan fingerprint density at radius 1 is 1.00 bits per heavy atom. The molecular formula is C25H23N3O6. The highest BCUT2D eigenvalue weighted by Crippen LogP contribution is 2.38. The number of furan rings is 1. The number of likely N-dealkylation sites (tertiary alicyclic amines) is 1. The number of hydrogen-bond acceptors (Lipinski definition) is 6. The second-order valence-corrected chi connectivity index (χ2v) is 8.43. The van der Waals surface area contributed by atoms with Crippen molar-refractivity contribution in [3.8, 4) is 0 Å². The molecule has 9 heteroatoms. The summed E-state index contributed by atoms with van der Waals surface area (Å²) in [5, 5.41) is 11.0. The highest BCUT2D eigenvalue weighted by Gasteiger charge is 2.55. The lowest BCUT2D eigenvalue weighted by molar-refractivity contribution is -0.384. The smallest absolute Gasteiger partial charge is 0.411 e. The molecule has 0 bridgehead atoms. The van der Waals surface area contributed by atoms with Gasteiger partial charge in [0.25, 0.3) is 5.69 Å². The van der Waals surface area contributed by atoms with Gasteiger partial charge in [-0.25, -0.2) is 4.79 Å². The minimum absolute atomic E-state index is 0.00329. The Labute approximate surface area is 195 Å². The van der Waals surface area contributed by atoms with Gasteiger partial charge >= 0.3 is 6.09 Å². The Bertz CT molecular complexity index is 1180. The summed E-state index contributed by atoms with van der Waals surface area (Å²) in [6.07, 6.45) is 2.32. The molecule has 2 aliphatic rings. The van der Waals surface area contributed by atoms with Gasteiger partial charge in [-0.05, 0) is 29.7 Å². The second-order valence-electron chi connectivity index (χ2n) is 8.43. The molecule has 2 saturated heterocycles. The van der Waals surface area contributed by atoms with Crippen molar-refractivity contribution in [2.75, 3.05) is 6.61 Å². The Hall–Kier alpha value is -4.14. The van der Waals surface area contributed by atoms with Crippen LogP contribution in [0.4, 0.5) is 10.5 Å². The molecule has 9 nitrogen and oxygen atoms in total. The number of aryl methyl sites for hydroxylation is 1. The molecule has 174 valence electrons. The number of nitro benzene ring substituents is 1. The Balaban J connectivity index is 1.39. The second kappa shape index (κ2) is 9.01. The monoisotopic (exact) mass is 461 g/mol. The van der Waals surface area contributed by atoms with E-state index < -0.39 is 17.1 Å². The van der Waals surface area contributed by atoms with Gasteiger partial charge in [-0.15, -0.1) is 0 Å². The van der Waals surface area contributed by atoms with Gasteiger partial charge in [0.2, 0.25) is 5.91 Å². The van der Waals surface area contributed by atoms with Crippen molar-refractivity contribution in [2.24, 2.45) is 0 Å². The van der Waals surface area contributed by atoms with Crippen molar-refractivity contribution in [1.82, 2.24) is 9.80 Å². The van der Waals surface area contributed by atoms with Gasteiger partial charge in [0.1, 0.15) is 18.4 Å². The maximum Gasteiger partial charge on any atom is 0.411 e. The largest absolute Gasteiger partial charge is 0.469 e.